The van der Waals surface area contributed by atoms with E-state index in [1.54, 1.807) is 11.3 Å². The summed E-state index contributed by atoms with van der Waals surface area (Å²) in [5.41, 5.74) is 8.55. The Morgan fingerprint density at radius 2 is 1.49 bits per heavy atom. The average molecular weight is 602 g/mol. The summed E-state index contributed by atoms with van der Waals surface area (Å²) in [7, 11) is 0. The Balaban J connectivity index is 1.21. The van der Waals surface area contributed by atoms with Crippen molar-refractivity contribution < 1.29 is 4.74 Å². The Kier molecular flexibility index (Phi) is 5.61. The maximum Gasteiger partial charge on any atom is 0.146 e. The van der Waals surface area contributed by atoms with Crippen LogP contribution in [0.25, 0.3) is 64.6 Å². The van der Waals surface area contributed by atoms with Gasteiger partial charge in [-0.3, -0.25) is 4.40 Å². The van der Waals surface area contributed by atoms with Crippen molar-refractivity contribution in [3.63, 3.8) is 0 Å². The highest BCUT2D eigenvalue weighted by atomic mass is 32.1. The predicted molar refractivity (Wildman–Crippen MR) is 184 cm³/mol. The van der Waals surface area contributed by atoms with Gasteiger partial charge in [-0.2, -0.15) is 5.10 Å². The fraction of sp³-hybridized carbons (Fsp3) is 0.0789. The van der Waals surface area contributed by atoms with Gasteiger partial charge in [0.1, 0.15) is 22.8 Å². The molecule has 5 heterocycles. The first-order chi connectivity index (χ1) is 22.0. The molecule has 0 aliphatic rings. The number of fused-ring (bicyclic) bond motifs is 10. The smallest absolute Gasteiger partial charge is 0.146 e. The molecule has 9 rings (SSSR count). The molecule has 6 nitrogen and oxygen atoms in total. The van der Waals surface area contributed by atoms with Crippen molar-refractivity contribution in [3.05, 3.63) is 126 Å². The van der Waals surface area contributed by atoms with Crippen molar-refractivity contribution in [1.29, 1.82) is 0 Å². The zero-order chi connectivity index (χ0) is 30.2. The summed E-state index contributed by atoms with van der Waals surface area (Å²) < 4.78 is 13.1. The van der Waals surface area contributed by atoms with Crippen LogP contribution in [-0.2, 0) is 0 Å². The van der Waals surface area contributed by atoms with Gasteiger partial charge >= 0.3 is 0 Å². The highest BCUT2D eigenvalue weighted by molar-refractivity contribution is 7.26. The van der Waals surface area contributed by atoms with Gasteiger partial charge in [0, 0.05) is 68.0 Å². The lowest BCUT2D eigenvalue weighted by molar-refractivity contribution is 0.489. The van der Waals surface area contributed by atoms with Crippen LogP contribution >= 0.6 is 11.3 Å². The molecule has 0 saturated carbocycles. The van der Waals surface area contributed by atoms with Crippen LogP contribution in [0, 0.1) is 20.8 Å². The minimum absolute atomic E-state index is 0.743. The summed E-state index contributed by atoms with van der Waals surface area (Å²) >= 11 is 1.75. The summed E-state index contributed by atoms with van der Waals surface area (Å²) in [5.74, 6) is 1.54. The van der Waals surface area contributed by atoms with Crippen LogP contribution in [0.15, 0.2) is 110 Å². The molecule has 4 aromatic carbocycles. The zero-order valence-electron chi connectivity index (χ0n) is 24.9. The molecule has 0 bridgehead atoms. The summed E-state index contributed by atoms with van der Waals surface area (Å²) in [6.45, 7) is 6.43. The Bertz CT molecular complexity index is 2600. The van der Waals surface area contributed by atoms with E-state index in [4.69, 9.17) is 19.8 Å². The molecule has 45 heavy (non-hydrogen) atoms. The van der Waals surface area contributed by atoms with Crippen molar-refractivity contribution in [2.45, 2.75) is 20.8 Å². The van der Waals surface area contributed by atoms with E-state index >= 15 is 0 Å². The fourth-order valence-corrected chi connectivity index (χ4v) is 8.02. The minimum atomic E-state index is 0.743. The van der Waals surface area contributed by atoms with Crippen LogP contribution < -0.4 is 4.74 Å². The second-order valence-corrected chi connectivity index (χ2v) is 12.7. The molecule has 0 amide bonds. The molecule has 0 aliphatic heterocycles. The minimum Gasteiger partial charge on any atom is -0.456 e. The normalized spacial score (nSPS) is 11.9. The molecule has 0 saturated heterocycles. The Morgan fingerprint density at radius 1 is 0.689 bits per heavy atom. The summed E-state index contributed by atoms with van der Waals surface area (Å²) in [5, 5.41) is 10.6. The molecule has 0 spiro atoms. The third kappa shape index (κ3) is 3.97. The standard InChI is InChI=1S/C38H27N5OS/c1-22-18-23(2)33(24(3)19-22)30-13-16-43(41-30)25-8-6-9-26(20-25)44-31-21-29-34(35-27-10-4-5-12-32(27)45-36(31)35)28-11-7-14-39-37(28)42-17-15-40-38(29)42/h4-21H,1-3H3. The van der Waals surface area contributed by atoms with E-state index in [0.29, 0.717) is 0 Å². The highest BCUT2D eigenvalue weighted by Crippen LogP contribution is 2.47. The largest absolute Gasteiger partial charge is 0.456 e. The van der Waals surface area contributed by atoms with E-state index in [-0.39, 0.29) is 0 Å². The van der Waals surface area contributed by atoms with Crippen LogP contribution in [0.2, 0.25) is 0 Å². The van der Waals surface area contributed by atoms with Crippen molar-refractivity contribution in [2.24, 2.45) is 0 Å². The SMILES string of the molecule is Cc1cc(C)c(-c2ccn(-c3cccc(Oc4cc5c(c6cccnc6n6ccnc56)c5c4sc4ccccc45)c3)n2)c(C)c1. The van der Waals surface area contributed by atoms with Crippen LogP contribution in [0.3, 0.4) is 0 Å². The fourth-order valence-electron chi connectivity index (χ4n) is 6.86. The Labute approximate surface area is 262 Å². The zero-order valence-corrected chi connectivity index (χ0v) is 25.8. The molecule has 216 valence electrons. The third-order valence-electron chi connectivity index (χ3n) is 8.61. The van der Waals surface area contributed by atoms with E-state index in [9.17, 15) is 0 Å². The molecule has 9 aromatic rings. The summed E-state index contributed by atoms with van der Waals surface area (Å²) in [4.78, 5) is 9.53. The Hall–Kier alpha value is -5.53. The van der Waals surface area contributed by atoms with E-state index in [0.717, 1.165) is 55.0 Å². The van der Waals surface area contributed by atoms with Gasteiger partial charge in [-0.05, 0) is 74.4 Å². The topological polar surface area (TPSA) is 57.2 Å². The van der Waals surface area contributed by atoms with E-state index in [1.807, 2.05) is 53.7 Å². The maximum atomic E-state index is 6.79. The van der Waals surface area contributed by atoms with Crippen molar-refractivity contribution in [2.75, 3.05) is 0 Å². The molecule has 0 aliphatic carbocycles. The number of thiophene rings is 1. The summed E-state index contributed by atoms with van der Waals surface area (Å²) in [6.07, 6.45) is 7.66. The van der Waals surface area contributed by atoms with Gasteiger partial charge in [-0.25, -0.2) is 14.6 Å². The first kappa shape index (κ1) is 25.9. The monoisotopic (exact) mass is 601 g/mol. The second kappa shape index (κ2) is 9.74. The molecular weight excluding hydrogens is 575 g/mol. The number of nitrogens with zero attached hydrogens (tertiary/aromatic N) is 5. The van der Waals surface area contributed by atoms with E-state index in [2.05, 4.69) is 85.8 Å². The number of hydrogen-bond donors (Lipinski definition) is 0. The molecule has 0 radical (unpaired) electrons. The van der Waals surface area contributed by atoms with Gasteiger partial charge < -0.3 is 4.74 Å². The van der Waals surface area contributed by atoms with Gasteiger partial charge in [0.25, 0.3) is 0 Å². The number of pyridine rings is 2. The molecule has 0 fully saturated rings. The second-order valence-electron chi connectivity index (χ2n) is 11.6. The van der Waals surface area contributed by atoms with Gasteiger partial charge in [0.05, 0.1) is 16.1 Å². The summed E-state index contributed by atoms with van der Waals surface area (Å²) in [6, 6.07) is 29.5. The van der Waals surface area contributed by atoms with Gasteiger partial charge in [0.2, 0.25) is 0 Å². The van der Waals surface area contributed by atoms with Crippen LogP contribution in [-0.4, -0.2) is 24.1 Å². The van der Waals surface area contributed by atoms with E-state index < -0.39 is 0 Å². The highest BCUT2D eigenvalue weighted by Gasteiger charge is 2.20. The maximum absolute atomic E-state index is 6.79. The van der Waals surface area contributed by atoms with Gasteiger partial charge in [-0.15, -0.1) is 11.3 Å². The van der Waals surface area contributed by atoms with Crippen molar-refractivity contribution in [1.82, 2.24) is 24.1 Å². The quantitative estimate of drug-likeness (QED) is 0.188. The Morgan fingerprint density at radius 3 is 2.38 bits per heavy atom. The predicted octanol–water partition coefficient (Wildman–Crippen LogP) is 9.97. The molecule has 7 heteroatoms. The first-order valence-corrected chi connectivity index (χ1v) is 15.7. The lowest BCUT2D eigenvalue weighted by Gasteiger charge is -2.13. The number of aryl methyl sites for hydroxylation is 3. The van der Waals surface area contributed by atoms with Crippen molar-refractivity contribution in [3.8, 4) is 28.4 Å². The molecule has 0 atom stereocenters. The number of aromatic nitrogens is 5. The lowest BCUT2D eigenvalue weighted by Crippen LogP contribution is -1.97. The van der Waals surface area contributed by atoms with Gasteiger partial charge in [-0.1, -0.05) is 42.0 Å². The average Bonchev–Trinajstić information content (AvgIpc) is 3.80. The third-order valence-corrected chi connectivity index (χ3v) is 9.80. The van der Waals surface area contributed by atoms with Gasteiger partial charge in [0.15, 0.2) is 0 Å². The number of benzene rings is 4. The first-order valence-electron chi connectivity index (χ1n) is 14.9. The molecular formula is C38H27N5OS. The number of imidazole rings is 1. The number of rotatable bonds is 4. The van der Waals surface area contributed by atoms with E-state index in [1.165, 1.54) is 37.7 Å². The molecule has 5 aromatic heterocycles. The van der Waals surface area contributed by atoms with Crippen LogP contribution in [0.5, 0.6) is 11.5 Å². The lowest BCUT2D eigenvalue weighted by atomic mass is 9.98. The number of ether oxygens (including phenoxy) is 1. The van der Waals surface area contributed by atoms with Crippen molar-refractivity contribution >= 4 is 59.0 Å². The molecule has 0 unspecified atom stereocenters. The molecule has 0 N–H and O–H groups in total. The number of hydrogen-bond acceptors (Lipinski definition) is 5. The van der Waals surface area contributed by atoms with Crippen LogP contribution in [0.1, 0.15) is 16.7 Å². The van der Waals surface area contributed by atoms with Crippen LogP contribution in [0.4, 0.5) is 0 Å².